The van der Waals surface area contributed by atoms with Crippen molar-refractivity contribution in [2.24, 2.45) is 0 Å². The van der Waals surface area contributed by atoms with Crippen LogP contribution in [0.4, 0.5) is 0 Å². The maximum Gasteiger partial charge on any atom is 0.251 e. The molecule has 9 heteroatoms. The summed E-state index contributed by atoms with van der Waals surface area (Å²) in [6.07, 6.45) is 5.67. The van der Waals surface area contributed by atoms with E-state index < -0.39 is 10.0 Å². The normalized spacial score (nSPS) is 19.8. The zero-order valence-electron chi connectivity index (χ0n) is 18.6. The van der Waals surface area contributed by atoms with Crippen molar-refractivity contribution in [2.45, 2.75) is 49.5 Å². The molecule has 0 unspecified atom stereocenters. The molecule has 1 amide bonds. The Hall–Kier alpha value is -1.52. The molecule has 2 fully saturated rings. The van der Waals surface area contributed by atoms with Gasteiger partial charge in [0, 0.05) is 44.4 Å². The summed E-state index contributed by atoms with van der Waals surface area (Å²) in [5.41, 5.74) is 1.09. The number of morpholine rings is 1. The summed E-state index contributed by atoms with van der Waals surface area (Å²) in [6.45, 7) is 6.07. The molecule has 1 aliphatic carbocycles. The van der Waals surface area contributed by atoms with Crippen LogP contribution in [0.3, 0.4) is 0 Å². The van der Waals surface area contributed by atoms with Crippen LogP contribution in [0.15, 0.2) is 23.1 Å². The Labute approximate surface area is 185 Å². The van der Waals surface area contributed by atoms with Crippen LogP contribution in [-0.2, 0) is 19.5 Å². The highest BCUT2D eigenvalue weighted by Crippen LogP contribution is 2.34. The van der Waals surface area contributed by atoms with E-state index in [4.69, 9.17) is 9.47 Å². The van der Waals surface area contributed by atoms with Crippen molar-refractivity contribution in [3.05, 3.63) is 29.3 Å². The van der Waals surface area contributed by atoms with Gasteiger partial charge in [-0.3, -0.25) is 9.69 Å². The van der Waals surface area contributed by atoms with E-state index in [0.717, 1.165) is 57.6 Å². The first kappa shape index (κ1) is 24.1. The van der Waals surface area contributed by atoms with E-state index in [9.17, 15) is 13.2 Å². The molecular formula is C22H35N3O5S. The number of amides is 1. The van der Waals surface area contributed by atoms with Crippen molar-refractivity contribution in [2.75, 3.05) is 53.1 Å². The lowest BCUT2D eigenvalue weighted by Crippen LogP contribution is -2.59. The molecule has 1 saturated heterocycles. The number of carbonyl (C=O) groups excluding carboxylic acids is 1. The first-order valence-corrected chi connectivity index (χ1v) is 12.6. The molecule has 1 aromatic rings. The van der Waals surface area contributed by atoms with Gasteiger partial charge in [0.25, 0.3) is 5.91 Å². The van der Waals surface area contributed by atoms with Gasteiger partial charge in [-0.1, -0.05) is 25.3 Å². The topological polar surface area (TPSA) is 97.0 Å². The summed E-state index contributed by atoms with van der Waals surface area (Å²) in [5.74, 6) is -0.232. The molecule has 0 spiro atoms. The van der Waals surface area contributed by atoms with E-state index in [-0.39, 0.29) is 29.5 Å². The number of benzene rings is 1. The average Bonchev–Trinajstić information content (AvgIpc) is 2.79. The fourth-order valence-electron chi connectivity index (χ4n) is 4.57. The molecule has 1 heterocycles. The third-order valence-electron chi connectivity index (χ3n) is 6.41. The monoisotopic (exact) mass is 453 g/mol. The van der Waals surface area contributed by atoms with E-state index in [0.29, 0.717) is 12.1 Å². The van der Waals surface area contributed by atoms with Crippen molar-refractivity contribution in [3.63, 3.8) is 0 Å². The summed E-state index contributed by atoms with van der Waals surface area (Å²) in [7, 11) is -2.19. The molecule has 3 rings (SSSR count). The second kappa shape index (κ2) is 10.9. The standard InChI is InChI=1S/C22H35N3O5S/c1-18-6-7-19(31(27,28)24-10-13-29-2)16-20(18)21(26)23-17-22(8-4-3-5-9-22)25-11-14-30-15-12-25/h6-7,16,24H,3-5,8-15,17H2,1-2H3,(H,23,26). The minimum atomic E-state index is -3.70. The number of hydrogen-bond donors (Lipinski definition) is 2. The molecule has 8 nitrogen and oxygen atoms in total. The number of nitrogens with one attached hydrogen (secondary N) is 2. The van der Waals surface area contributed by atoms with Gasteiger partial charge in [-0.25, -0.2) is 13.1 Å². The molecule has 0 bridgehead atoms. The minimum absolute atomic E-state index is 0.0447. The van der Waals surface area contributed by atoms with Gasteiger partial charge in [-0.15, -0.1) is 0 Å². The smallest absolute Gasteiger partial charge is 0.251 e. The lowest BCUT2D eigenvalue weighted by Gasteiger charge is -2.48. The zero-order valence-corrected chi connectivity index (χ0v) is 19.4. The second-order valence-corrected chi connectivity index (χ2v) is 10.2. The van der Waals surface area contributed by atoms with Gasteiger partial charge in [0.2, 0.25) is 10.0 Å². The Morgan fingerprint density at radius 2 is 1.90 bits per heavy atom. The van der Waals surface area contributed by atoms with Crippen molar-refractivity contribution in [3.8, 4) is 0 Å². The minimum Gasteiger partial charge on any atom is -0.383 e. The predicted octanol–water partition coefficient (Wildman–Crippen LogP) is 1.68. The van der Waals surface area contributed by atoms with Crippen molar-refractivity contribution >= 4 is 15.9 Å². The third-order valence-corrected chi connectivity index (χ3v) is 7.87. The van der Waals surface area contributed by atoms with Gasteiger partial charge in [-0.05, 0) is 37.5 Å². The SMILES string of the molecule is COCCNS(=O)(=O)c1ccc(C)c(C(=O)NCC2(N3CCOCC3)CCCCC2)c1. The maximum absolute atomic E-state index is 13.1. The summed E-state index contributed by atoms with van der Waals surface area (Å²) in [6, 6.07) is 4.66. The molecule has 1 saturated carbocycles. The molecule has 2 N–H and O–H groups in total. The van der Waals surface area contributed by atoms with Crippen LogP contribution in [-0.4, -0.2) is 77.9 Å². The van der Waals surface area contributed by atoms with Crippen LogP contribution in [0.5, 0.6) is 0 Å². The number of hydrogen-bond acceptors (Lipinski definition) is 6. The lowest BCUT2D eigenvalue weighted by molar-refractivity contribution is -0.0361. The molecule has 0 radical (unpaired) electrons. The molecule has 31 heavy (non-hydrogen) atoms. The van der Waals surface area contributed by atoms with E-state index in [1.54, 1.807) is 6.07 Å². The van der Waals surface area contributed by atoms with E-state index >= 15 is 0 Å². The Balaban J connectivity index is 1.73. The van der Waals surface area contributed by atoms with Gasteiger partial charge >= 0.3 is 0 Å². The van der Waals surface area contributed by atoms with Crippen LogP contribution in [0.1, 0.15) is 48.0 Å². The zero-order chi connectivity index (χ0) is 22.3. The molecule has 1 aromatic carbocycles. The summed E-state index contributed by atoms with van der Waals surface area (Å²) in [5, 5.41) is 3.12. The van der Waals surface area contributed by atoms with Gasteiger partial charge in [0.1, 0.15) is 0 Å². The molecule has 1 aliphatic heterocycles. The Bertz CT molecular complexity index is 847. The van der Waals surface area contributed by atoms with Crippen molar-refractivity contribution in [1.82, 2.24) is 14.9 Å². The van der Waals surface area contributed by atoms with Crippen LogP contribution in [0, 0.1) is 6.92 Å². The number of carbonyl (C=O) groups is 1. The number of rotatable bonds is 9. The summed E-state index contributed by atoms with van der Waals surface area (Å²) in [4.78, 5) is 15.6. The number of nitrogens with zero attached hydrogens (tertiary/aromatic N) is 1. The van der Waals surface area contributed by atoms with Crippen LogP contribution in [0.25, 0.3) is 0 Å². The van der Waals surface area contributed by atoms with Gasteiger partial charge < -0.3 is 14.8 Å². The highest BCUT2D eigenvalue weighted by atomic mass is 32.2. The third kappa shape index (κ3) is 6.04. The fourth-order valence-corrected chi connectivity index (χ4v) is 5.61. The molecule has 0 atom stereocenters. The van der Waals surface area contributed by atoms with Crippen molar-refractivity contribution < 1.29 is 22.7 Å². The Morgan fingerprint density at radius 1 is 1.19 bits per heavy atom. The van der Waals surface area contributed by atoms with E-state index in [1.165, 1.54) is 25.7 Å². The first-order valence-electron chi connectivity index (χ1n) is 11.1. The van der Waals surface area contributed by atoms with Crippen LogP contribution >= 0.6 is 0 Å². The van der Waals surface area contributed by atoms with Crippen molar-refractivity contribution in [1.29, 1.82) is 0 Å². The first-order chi connectivity index (χ1) is 14.9. The largest absolute Gasteiger partial charge is 0.383 e. The summed E-state index contributed by atoms with van der Waals surface area (Å²) >= 11 is 0. The fraction of sp³-hybridized carbons (Fsp3) is 0.682. The number of methoxy groups -OCH3 is 1. The highest BCUT2D eigenvalue weighted by molar-refractivity contribution is 7.89. The average molecular weight is 454 g/mol. The highest BCUT2D eigenvalue weighted by Gasteiger charge is 2.39. The van der Waals surface area contributed by atoms with E-state index in [2.05, 4.69) is 14.9 Å². The number of sulfonamides is 1. The maximum atomic E-state index is 13.1. The van der Waals surface area contributed by atoms with Crippen LogP contribution < -0.4 is 10.0 Å². The Kier molecular flexibility index (Phi) is 8.46. The molecule has 2 aliphatic rings. The Morgan fingerprint density at radius 3 is 2.58 bits per heavy atom. The van der Waals surface area contributed by atoms with E-state index in [1.807, 2.05) is 6.92 Å². The molecule has 0 aromatic heterocycles. The second-order valence-electron chi connectivity index (χ2n) is 8.43. The van der Waals surface area contributed by atoms with Gasteiger partial charge in [0.05, 0.1) is 24.7 Å². The summed E-state index contributed by atoms with van der Waals surface area (Å²) < 4.78 is 38.0. The number of ether oxygens (including phenoxy) is 2. The molecule has 174 valence electrons. The van der Waals surface area contributed by atoms with Gasteiger partial charge in [0.15, 0.2) is 0 Å². The van der Waals surface area contributed by atoms with Crippen LogP contribution in [0.2, 0.25) is 0 Å². The lowest BCUT2D eigenvalue weighted by atomic mass is 9.79. The van der Waals surface area contributed by atoms with Gasteiger partial charge in [-0.2, -0.15) is 0 Å². The quantitative estimate of drug-likeness (QED) is 0.553. The number of aryl methyl sites for hydroxylation is 1. The molecular weight excluding hydrogens is 418 g/mol. The predicted molar refractivity (Wildman–Crippen MR) is 119 cm³/mol.